The zero-order valence-electron chi connectivity index (χ0n) is 11.2. The lowest BCUT2D eigenvalue weighted by molar-refractivity contribution is 0.173. The van der Waals surface area contributed by atoms with Gasteiger partial charge >= 0.3 is 0 Å². The highest BCUT2D eigenvalue weighted by molar-refractivity contribution is 14.1. The first-order chi connectivity index (χ1) is 8.60. The van der Waals surface area contributed by atoms with E-state index in [4.69, 9.17) is 11.6 Å². The molecule has 0 atom stereocenters. The second-order valence-electron chi connectivity index (χ2n) is 5.45. The minimum Gasteiger partial charge on any atom is -0.369 e. The SMILES string of the molecule is CCCC1(CCC)CN(c2ccc(I)cc2Cl)C1. The Morgan fingerprint density at radius 3 is 2.33 bits per heavy atom. The van der Waals surface area contributed by atoms with E-state index < -0.39 is 0 Å². The van der Waals surface area contributed by atoms with Crippen molar-refractivity contribution in [3.05, 3.63) is 26.8 Å². The molecule has 0 spiro atoms. The Morgan fingerprint density at radius 2 is 1.83 bits per heavy atom. The smallest absolute Gasteiger partial charge is 0.0650 e. The van der Waals surface area contributed by atoms with E-state index in [1.807, 2.05) is 0 Å². The summed E-state index contributed by atoms with van der Waals surface area (Å²) in [6.45, 7) is 6.93. The van der Waals surface area contributed by atoms with Crippen LogP contribution in [-0.4, -0.2) is 13.1 Å². The predicted molar refractivity (Wildman–Crippen MR) is 88.6 cm³/mol. The average Bonchev–Trinajstić information content (AvgIpc) is 2.26. The largest absolute Gasteiger partial charge is 0.369 e. The van der Waals surface area contributed by atoms with Crippen molar-refractivity contribution < 1.29 is 0 Å². The summed E-state index contributed by atoms with van der Waals surface area (Å²) in [6.07, 6.45) is 5.27. The molecule has 1 fully saturated rings. The Labute approximate surface area is 129 Å². The molecule has 0 amide bonds. The Kier molecular flexibility index (Phi) is 4.81. The number of hydrogen-bond acceptors (Lipinski definition) is 1. The van der Waals surface area contributed by atoms with Crippen molar-refractivity contribution in [2.45, 2.75) is 39.5 Å². The third-order valence-corrected chi connectivity index (χ3v) is 4.84. The molecule has 0 bridgehead atoms. The zero-order valence-corrected chi connectivity index (χ0v) is 14.1. The van der Waals surface area contributed by atoms with Crippen molar-refractivity contribution in [2.24, 2.45) is 5.41 Å². The van der Waals surface area contributed by atoms with Crippen molar-refractivity contribution in [1.29, 1.82) is 0 Å². The zero-order chi connectivity index (χ0) is 13.2. The van der Waals surface area contributed by atoms with Crippen LogP contribution in [0.25, 0.3) is 0 Å². The molecule has 1 aromatic rings. The summed E-state index contributed by atoms with van der Waals surface area (Å²) >= 11 is 8.64. The van der Waals surface area contributed by atoms with Crippen LogP contribution in [0, 0.1) is 8.99 Å². The summed E-state index contributed by atoms with van der Waals surface area (Å²) in [5.74, 6) is 0. The van der Waals surface area contributed by atoms with E-state index >= 15 is 0 Å². The highest BCUT2D eigenvalue weighted by atomic mass is 127. The minimum atomic E-state index is 0.551. The third-order valence-electron chi connectivity index (χ3n) is 3.86. The van der Waals surface area contributed by atoms with Gasteiger partial charge in [-0.1, -0.05) is 38.3 Å². The molecular weight excluding hydrogens is 357 g/mol. The molecule has 100 valence electrons. The molecule has 18 heavy (non-hydrogen) atoms. The monoisotopic (exact) mass is 377 g/mol. The van der Waals surface area contributed by atoms with Gasteiger partial charge in [0.2, 0.25) is 0 Å². The molecule has 0 saturated carbocycles. The van der Waals surface area contributed by atoms with Crippen LogP contribution in [0.3, 0.4) is 0 Å². The van der Waals surface area contributed by atoms with E-state index in [1.54, 1.807) is 0 Å². The van der Waals surface area contributed by atoms with Crippen LogP contribution >= 0.6 is 34.2 Å². The van der Waals surface area contributed by atoms with E-state index in [-0.39, 0.29) is 0 Å². The van der Waals surface area contributed by atoms with Crippen molar-refractivity contribution in [1.82, 2.24) is 0 Å². The van der Waals surface area contributed by atoms with Crippen LogP contribution in [-0.2, 0) is 0 Å². The normalized spacial score (nSPS) is 17.7. The molecule has 0 aromatic heterocycles. The molecule has 2 rings (SSSR count). The Balaban J connectivity index is 2.06. The quantitative estimate of drug-likeness (QED) is 0.625. The van der Waals surface area contributed by atoms with Gasteiger partial charge in [-0.2, -0.15) is 0 Å². The second-order valence-corrected chi connectivity index (χ2v) is 7.10. The van der Waals surface area contributed by atoms with Crippen LogP contribution in [0.4, 0.5) is 5.69 Å². The van der Waals surface area contributed by atoms with Gasteiger partial charge in [0.1, 0.15) is 0 Å². The van der Waals surface area contributed by atoms with Crippen molar-refractivity contribution in [2.75, 3.05) is 18.0 Å². The lowest BCUT2D eigenvalue weighted by atomic mass is 9.72. The van der Waals surface area contributed by atoms with E-state index in [0.717, 1.165) is 5.02 Å². The van der Waals surface area contributed by atoms with Gasteiger partial charge in [0, 0.05) is 22.1 Å². The van der Waals surface area contributed by atoms with Gasteiger partial charge in [-0.15, -0.1) is 0 Å². The standard InChI is InChI=1S/C15H21ClIN/c1-3-7-15(8-4-2)10-18(11-15)14-6-5-12(17)9-13(14)16/h5-6,9H,3-4,7-8,10-11H2,1-2H3. The maximum Gasteiger partial charge on any atom is 0.0650 e. The molecule has 0 radical (unpaired) electrons. The molecule has 3 heteroatoms. The molecule has 1 heterocycles. The topological polar surface area (TPSA) is 3.24 Å². The van der Waals surface area contributed by atoms with Gasteiger partial charge in [-0.05, 0) is 53.6 Å². The average molecular weight is 378 g/mol. The van der Waals surface area contributed by atoms with Crippen LogP contribution < -0.4 is 4.90 Å². The molecule has 1 saturated heterocycles. The Hall–Kier alpha value is 0.0400. The van der Waals surface area contributed by atoms with Crippen molar-refractivity contribution in [3.8, 4) is 0 Å². The van der Waals surface area contributed by atoms with Gasteiger partial charge in [-0.3, -0.25) is 0 Å². The fourth-order valence-electron chi connectivity index (χ4n) is 3.17. The van der Waals surface area contributed by atoms with Gasteiger partial charge < -0.3 is 4.90 Å². The Morgan fingerprint density at radius 1 is 1.22 bits per heavy atom. The third kappa shape index (κ3) is 2.96. The summed E-state index contributed by atoms with van der Waals surface area (Å²) < 4.78 is 1.20. The summed E-state index contributed by atoms with van der Waals surface area (Å²) in [7, 11) is 0. The highest BCUT2D eigenvalue weighted by Crippen LogP contribution is 2.43. The van der Waals surface area contributed by atoms with Gasteiger partial charge in [0.25, 0.3) is 0 Å². The van der Waals surface area contributed by atoms with Crippen LogP contribution in [0.15, 0.2) is 18.2 Å². The highest BCUT2D eigenvalue weighted by Gasteiger charge is 2.41. The van der Waals surface area contributed by atoms with Gasteiger partial charge in [-0.25, -0.2) is 0 Å². The number of nitrogens with zero attached hydrogens (tertiary/aromatic N) is 1. The molecule has 1 aromatic carbocycles. The first-order valence-electron chi connectivity index (χ1n) is 6.80. The van der Waals surface area contributed by atoms with E-state index in [0.29, 0.717) is 5.41 Å². The first kappa shape index (κ1) is 14.4. The minimum absolute atomic E-state index is 0.551. The van der Waals surface area contributed by atoms with E-state index in [1.165, 1.54) is 48.0 Å². The lowest BCUT2D eigenvalue weighted by Crippen LogP contribution is -2.56. The maximum absolute atomic E-state index is 6.34. The summed E-state index contributed by atoms with van der Waals surface area (Å²) in [5.41, 5.74) is 1.76. The molecular formula is C15H21ClIN. The van der Waals surface area contributed by atoms with Crippen molar-refractivity contribution in [3.63, 3.8) is 0 Å². The fraction of sp³-hybridized carbons (Fsp3) is 0.600. The summed E-state index contributed by atoms with van der Waals surface area (Å²) in [4.78, 5) is 2.43. The molecule has 1 nitrogen and oxygen atoms in total. The number of benzene rings is 1. The predicted octanol–water partition coefficient (Wildman–Crippen LogP) is 5.35. The van der Waals surface area contributed by atoms with Crippen LogP contribution in [0.5, 0.6) is 0 Å². The van der Waals surface area contributed by atoms with Gasteiger partial charge in [0.15, 0.2) is 0 Å². The van der Waals surface area contributed by atoms with E-state index in [9.17, 15) is 0 Å². The van der Waals surface area contributed by atoms with Crippen LogP contribution in [0.1, 0.15) is 39.5 Å². The molecule has 0 N–H and O–H groups in total. The van der Waals surface area contributed by atoms with Gasteiger partial charge in [0.05, 0.1) is 10.7 Å². The number of halogens is 2. The molecule has 1 aliphatic rings. The maximum atomic E-state index is 6.34. The number of rotatable bonds is 5. The van der Waals surface area contributed by atoms with Crippen molar-refractivity contribution >= 4 is 39.9 Å². The fourth-order valence-corrected chi connectivity index (χ4v) is 4.15. The number of hydrogen-bond donors (Lipinski definition) is 0. The lowest BCUT2D eigenvalue weighted by Gasteiger charge is -2.52. The summed E-state index contributed by atoms with van der Waals surface area (Å²) in [6, 6.07) is 6.35. The van der Waals surface area contributed by atoms with Crippen LogP contribution in [0.2, 0.25) is 5.02 Å². The molecule has 0 unspecified atom stereocenters. The molecule has 0 aliphatic carbocycles. The number of anilines is 1. The van der Waals surface area contributed by atoms with E-state index in [2.05, 4.69) is 59.5 Å². The summed E-state index contributed by atoms with van der Waals surface area (Å²) in [5, 5.41) is 0.892. The first-order valence-corrected chi connectivity index (χ1v) is 8.26. The second kappa shape index (κ2) is 6.00. The molecule has 1 aliphatic heterocycles. The Bertz CT molecular complexity index is 405.